The number of hydrogen-bond donors (Lipinski definition) is 1. The Morgan fingerprint density at radius 2 is 1.45 bits per heavy atom. The molecule has 0 heterocycles. The fourth-order valence-corrected chi connectivity index (χ4v) is 4.29. The second kappa shape index (κ2) is 10.5. The lowest BCUT2D eigenvalue weighted by Gasteiger charge is -2.28. The molecule has 2 rings (SSSR count). The number of carbonyl (C=O) groups is 2. The minimum atomic E-state index is -0.642. The van der Waals surface area contributed by atoms with Gasteiger partial charge < -0.3 is 14.6 Å². The molecule has 0 aliphatic heterocycles. The molecule has 0 amide bonds. The maximum absolute atomic E-state index is 12.9. The molecule has 33 heavy (non-hydrogen) atoms. The molecule has 0 aromatic heterocycles. The second-order valence-corrected chi connectivity index (χ2v) is 11.0. The number of carbonyl (C=O) groups excluding carboxylic acids is 2. The number of ether oxygens (including phenoxy) is 2. The van der Waals surface area contributed by atoms with Gasteiger partial charge in [-0.2, -0.15) is 0 Å². The Bertz CT molecular complexity index is 1040. The summed E-state index contributed by atoms with van der Waals surface area (Å²) in [5, 5.41) is 11.2. The molecule has 0 spiro atoms. The Balaban J connectivity index is 2.75. The molecule has 0 fully saturated rings. The van der Waals surface area contributed by atoms with Gasteiger partial charge >= 0.3 is 11.9 Å². The van der Waals surface area contributed by atoms with E-state index in [-0.39, 0.29) is 33.5 Å². The van der Waals surface area contributed by atoms with Crippen LogP contribution in [0.5, 0.6) is 5.75 Å². The lowest BCUT2D eigenvalue weighted by atomic mass is 9.78. The largest absolute Gasteiger partial charge is 0.507 e. The summed E-state index contributed by atoms with van der Waals surface area (Å²) in [4.78, 5) is 26.5. The van der Waals surface area contributed by atoms with Crippen LogP contribution < -0.4 is 0 Å². The Kier molecular flexibility index (Phi) is 8.41. The lowest BCUT2D eigenvalue weighted by Crippen LogP contribution is -2.19. The van der Waals surface area contributed by atoms with Crippen molar-refractivity contribution < 1.29 is 24.2 Å². The molecule has 0 saturated heterocycles. The number of benzene rings is 2. The standard InChI is InChI=1S/C27H34O5S/c1-26(2,3)18-14-17(22(28)21(16-18)27(4,5)6)15-20(24(29)31-7)23(25(30)32-8)33-19-12-10-9-11-13-19/h9-14,16,28H,15H2,1-8H3/b23-20-. The van der Waals surface area contributed by atoms with E-state index in [0.29, 0.717) is 5.56 Å². The van der Waals surface area contributed by atoms with Crippen molar-refractivity contribution in [3.05, 3.63) is 69.6 Å². The van der Waals surface area contributed by atoms with Crippen molar-refractivity contribution in [3.8, 4) is 5.75 Å². The van der Waals surface area contributed by atoms with Crippen LogP contribution in [0.15, 0.2) is 57.8 Å². The summed E-state index contributed by atoms with van der Waals surface area (Å²) in [5.74, 6) is -1.16. The van der Waals surface area contributed by atoms with E-state index < -0.39 is 11.9 Å². The lowest BCUT2D eigenvalue weighted by molar-refractivity contribution is -0.138. The van der Waals surface area contributed by atoms with Crippen LogP contribution in [0, 0.1) is 0 Å². The average molecular weight is 471 g/mol. The Labute approximate surface area is 201 Å². The van der Waals surface area contributed by atoms with E-state index in [4.69, 9.17) is 9.47 Å². The molecule has 2 aromatic rings. The van der Waals surface area contributed by atoms with E-state index >= 15 is 0 Å². The molecule has 0 unspecified atom stereocenters. The van der Waals surface area contributed by atoms with Crippen LogP contribution in [0.1, 0.15) is 58.2 Å². The van der Waals surface area contributed by atoms with Crippen molar-refractivity contribution in [2.45, 2.75) is 63.7 Å². The summed E-state index contributed by atoms with van der Waals surface area (Å²) in [5.41, 5.74) is 2.01. The van der Waals surface area contributed by atoms with Crippen molar-refractivity contribution in [1.82, 2.24) is 0 Å². The zero-order chi connectivity index (χ0) is 25.0. The van der Waals surface area contributed by atoms with Gasteiger partial charge in [0.2, 0.25) is 0 Å². The number of phenols is 1. The zero-order valence-corrected chi connectivity index (χ0v) is 21.6. The van der Waals surface area contributed by atoms with Crippen LogP contribution in [-0.2, 0) is 36.3 Å². The van der Waals surface area contributed by atoms with Gasteiger partial charge in [0.1, 0.15) is 10.7 Å². The Morgan fingerprint density at radius 1 is 0.879 bits per heavy atom. The normalized spacial score (nSPS) is 12.7. The first-order valence-corrected chi connectivity index (χ1v) is 11.6. The quantitative estimate of drug-likeness (QED) is 0.321. The van der Waals surface area contributed by atoms with Gasteiger partial charge in [0.15, 0.2) is 0 Å². The molecule has 2 aromatic carbocycles. The number of thioether (sulfide) groups is 1. The van der Waals surface area contributed by atoms with Gasteiger partial charge in [-0.05, 0) is 39.7 Å². The number of rotatable bonds is 6. The molecular weight excluding hydrogens is 436 g/mol. The minimum absolute atomic E-state index is 0.0236. The zero-order valence-electron chi connectivity index (χ0n) is 20.7. The summed E-state index contributed by atoms with van der Waals surface area (Å²) in [6.45, 7) is 12.4. The molecule has 1 N–H and O–H groups in total. The van der Waals surface area contributed by atoms with Crippen LogP contribution in [0.25, 0.3) is 0 Å². The number of methoxy groups -OCH3 is 2. The maximum atomic E-state index is 12.9. The molecule has 0 aliphatic carbocycles. The maximum Gasteiger partial charge on any atom is 0.345 e. The van der Waals surface area contributed by atoms with Crippen molar-refractivity contribution >= 4 is 23.7 Å². The van der Waals surface area contributed by atoms with Crippen molar-refractivity contribution in [2.75, 3.05) is 14.2 Å². The predicted molar refractivity (Wildman–Crippen MR) is 133 cm³/mol. The molecule has 178 valence electrons. The molecular formula is C27H34O5S. The number of esters is 2. The smallest absolute Gasteiger partial charge is 0.345 e. The molecule has 0 bridgehead atoms. The predicted octanol–water partition coefficient (Wildman–Crippen LogP) is 5.92. The number of aromatic hydroxyl groups is 1. The molecule has 6 heteroatoms. The molecule has 0 saturated carbocycles. The van der Waals surface area contributed by atoms with E-state index in [2.05, 4.69) is 20.8 Å². The topological polar surface area (TPSA) is 72.8 Å². The SMILES string of the molecule is COC(=O)/C(Cc1cc(C(C)(C)C)cc(C(C)(C)C)c1O)=C(\Sc1ccccc1)C(=O)OC. The molecule has 0 aliphatic rings. The summed E-state index contributed by atoms with van der Waals surface area (Å²) >= 11 is 1.14. The number of hydrogen-bond acceptors (Lipinski definition) is 6. The Hall–Kier alpha value is -2.73. The van der Waals surface area contributed by atoms with Crippen molar-refractivity contribution in [1.29, 1.82) is 0 Å². The highest BCUT2D eigenvalue weighted by atomic mass is 32.2. The van der Waals surface area contributed by atoms with Gasteiger partial charge in [0, 0.05) is 11.3 Å². The fourth-order valence-electron chi connectivity index (χ4n) is 3.32. The van der Waals surface area contributed by atoms with Crippen molar-refractivity contribution in [3.63, 3.8) is 0 Å². The number of phenolic OH excluding ortho intramolecular Hbond substituents is 1. The monoisotopic (exact) mass is 470 g/mol. The molecule has 0 radical (unpaired) electrons. The van der Waals surface area contributed by atoms with E-state index in [9.17, 15) is 14.7 Å². The summed E-state index contributed by atoms with van der Waals surface area (Å²) in [7, 11) is 2.55. The van der Waals surface area contributed by atoms with E-state index in [1.807, 2.05) is 63.2 Å². The third kappa shape index (κ3) is 6.64. The van der Waals surface area contributed by atoms with Gasteiger partial charge in [-0.15, -0.1) is 0 Å². The van der Waals surface area contributed by atoms with Gasteiger partial charge in [0.05, 0.1) is 19.8 Å². The van der Waals surface area contributed by atoms with Crippen LogP contribution >= 0.6 is 11.8 Å². The van der Waals surface area contributed by atoms with Crippen molar-refractivity contribution in [2.24, 2.45) is 0 Å². The van der Waals surface area contributed by atoms with Gasteiger partial charge in [0.25, 0.3) is 0 Å². The van der Waals surface area contributed by atoms with Gasteiger partial charge in [-0.3, -0.25) is 0 Å². The van der Waals surface area contributed by atoms with E-state index in [1.54, 1.807) is 0 Å². The molecule has 5 nitrogen and oxygen atoms in total. The average Bonchev–Trinajstić information content (AvgIpc) is 2.75. The fraction of sp³-hybridized carbons (Fsp3) is 0.407. The first-order valence-electron chi connectivity index (χ1n) is 10.8. The third-order valence-corrected chi connectivity index (χ3v) is 6.39. The summed E-state index contributed by atoms with van der Waals surface area (Å²) in [6.07, 6.45) is 0.0236. The van der Waals surface area contributed by atoms with E-state index in [1.165, 1.54) is 14.2 Å². The van der Waals surface area contributed by atoms with Crippen LogP contribution in [0.3, 0.4) is 0 Å². The summed E-state index contributed by atoms with van der Waals surface area (Å²) in [6, 6.07) is 13.2. The highest BCUT2D eigenvalue weighted by molar-refractivity contribution is 8.04. The van der Waals surface area contributed by atoms with Crippen LogP contribution in [0.2, 0.25) is 0 Å². The van der Waals surface area contributed by atoms with Crippen LogP contribution in [-0.4, -0.2) is 31.3 Å². The third-order valence-electron chi connectivity index (χ3n) is 5.27. The Morgan fingerprint density at radius 3 is 1.94 bits per heavy atom. The van der Waals surface area contributed by atoms with E-state index in [0.717, 1.165) is 27.8 Å². The highest BCUT2D eigenvalue weighted by Gasteiger charge is 2.29. The first-order chi connectivity index (χ1) is 15.3. The highest BCUT2D eigenvalue weighted by Crippen LogP contribution is 2.40. The molecule has 0 atom stereocenters. The van der Waals surface area contributed by atoms with Gasteiger partial charge in [-0.1, -0.05) is 83.6 Å². The summed E-state index contributed by atoms with van der Waals surface area (Å²) < 4.78 is 10.0. The van der Waals surface area contributed by atoms with Gasteiger partial charge in [-0.25, -0.2) is 9.59 Å². The first kappa shape index (κ1) is 26.5. The minimum Gasteiger partial charge on any atom is -0.507 e. The second-order valence-electron chi connectivity index (χ2n) is 9.91. The van der Waals surface area contributed by atoms with Crippen LogP contribution in [0.4, 0.5) is 0 Å².